The normalized spacial score (nSPS) is 15.6. The molecule has 0 aliphatic heterocycles. The summed E-state index contributed by atoms with van der Waals surface area (Å²) in [6, 6.07) is 5.93. The van der Waals surface area contributed by atoms with E-state index in [2.05, 4.69) is 20.7 Å². The topological polar surface area (TPSA) is 37.8 Å². The van der Waals surface area contributed by atoms with Gasteiger partial charge in [0.25, 0.3) is 0 Å². The highest BCUT2D eigenvalue weighted by Crippen LogP contribution is 2.25. The lowest BCUT2D eigenvalue weighted by molar-refractivity contribution is 0.301. The molecular weight excluding hydrogens is 242 g/mol. The monoisotopic (exact) mass is 259 g/mol. The predicted octanol–water partition coefficient (Wildman–Crippen LogP) is 3.09. The first kappa shape index (κ1) is 11.8. The fourth-order valence-electron chi connectivity index (χ4n) is 2.10. The van der Waals surface area contributed by atoms with E-state index in [-0.39, 0.29) is 0 Å². The Hall–Kier alpha value is -1.26. The number of hydrogen-bond donors (Lipinski definition) is 1. The Labute approximate surface area is 111 Å². The van der Waals surface area contributed by atoms with Gasteiger partial charge < -0.3 is 5.32 Å². The van der Waals surface area contributed by atoms with Gasteiger partial charge in [-0.3, -0.25) is 4.98 Å². The molecule has 0 atom stereocenters. The highest BCUT2D eigenvalue weighted by Gasteiger charge is 2.16. The zero-order valence-electron chi connectivity index (χ0n) is 10.3. The molecule has 0 unspecified atom stereocenters. The van der Waals surface area contributed by atoms with Gasteiger partial charge in [0.05, 0.1) is 11.4 Å². The number of pyridine rings is 1. The van der Waals surface area contributed by atoms with E-state index >= 15 is 0 Å². The number of nitrogens with zero attached hydrogens (tertiary/aromatic N) is 2. The Kier molecular flexibility index (Phi) is 3.67. The first-order chi connectivity index (χ1) is 8.92. The summed E-state index contributed by atoms with van der Waals surface area (Å²) in [6.45, 7) is 2.01. The third-order valence-corrected chi connectivity index (χ3v) is 4.31. The van der Waals surface area contributed by atoms with Gasteiger partial charge in [0.15, 0.2) is 0 Å². The third kappa shape index (κ3) is 2.76. The van der Waals surface area contributed by atoms with Crippen LogP contribution in [0, 0.1) is 5.92 Å². The van der Waals surface area contributed by atoms with Gasteiger partial charge in [-0.25, -0.2) is 4.98 Å². The summed E-state index contributed by atoms with van der Waals surface area (Å²) in [5, 5.41) is 6.63. The second-order valence-corrected chi connectivity index (χ2v) is 5.64. The first-order valence-electron chi connectivity index (χ1n) is 6.48. The second kappa shape index (κ2) is 5.59. The van der Waals surface area contributed by atoms with E-state index in [9.17, 15) is 0 Å². The van der Waals surface area contributed by atoms with Crippen molar-refractivity contribution in [3.05, 3.63) is 35.5 Å². The van der Waals surface area contributed by atoms with Crippen molar-refractivity contribution in [2.24, 2.45) is 5.92 Å². The molecule has 0 radical (unpaired) electrons. The van der Waals surface area contributed by atoms with Crippen LogP contribution in [-0.4, -0.2) is 16.5 Å². The molecule has 2 heterocycles. The number of aromatic nitrogens is 2. The van der Waals surface area contributed by atoms with Crippen LogP contribution in [0.3, 0.4) is 0 Å². The molecule has 0 bridgehead atoms. The molecule has 1 aliphatic carbocycles. The van der Waals surface area contributed by atoms with Crippen molar-refractivity contribution in [2.45, 2.75) is 25.8 Å². The van der Waals surface area contributed by atoms with Gasteiger partial charge in [0, 0.05) is 18.1 Å². The van der Waals surface area contributed by atoms with Crippen molar-refractivity contribution in [3.63, 3.8) is 0 Å². The summed E-state index contributed by atoms with van der Waals surface area (Å²) in [5.41, 5.74) is 2.09. The molecule has 0 saturated heterocycles. The third-order valence-electron chi connectivity index (χ3n) is 3.40. The molecule has 0 aromatic carbocycles. The average molecular weight is 259 g/mol. The SMILES string of the molecule is c1ccc(-c2nc(CNCC3CCC3)cs2)nc1. The van der Waals surface area contributed by atoms with Gasteiger partial charge >= 0.3 is 0 Å². The summed E-state index contributed by atoms with van der Waals surface area (Å²) in [4.78, 5) is 8.94. The largest absolute Gasteiger partial charge is 0.311 e. The summed E-state index contributed by atoms with van der Waals surface area (Å²) < 4.78 is 0. The van der Waals surface area contributed by atoms with Crippen LogP contribution in [0.2, 0.25) is 0 Å². The van der Waals surface area contributed by atoms with Crippen molar-refractivity contribution >= 4 is 11.3 Å². The van der Waals surface area contributed by atoms with Crippen LogP contribution in [0.5, 0.6) is 0 Å². The molecule has 2 aromatic heterocycles. The Morgan fingerprint density at radius 2 is 2.28 bits per heavy atom. The van der Waals surface area contributed by atoms with Crippen molar-refractivity contribution in [3.8, 4) is 10.7 Å². The summed E-state index contributed by atoms with van der Waals surface area (Å²) in [5.74, 6) is 0.902. The van der Waals surface area contributed by atoms with E-state index in [0.717, 1.165) is 35.4 Å². The van der Waals surface area contributed by atoms with Crippen LogP contribution in [-0.2, 0) is 6.54 Å². The molecule has 18 heavy (non-hydrogen) atoms. The van der Waals surface area contributed by atoms with Crippen LogP contribution < -0.4 is 5.32 Å². The highest BCUT2D eigenvalue weighted by atomic mass is 32.1. The maximum atomic E-state index is 4.61. The Bertz CT molecular complexity index is 491. The molecule has 2 aromatic rings. The van der Waals surface area contributed by atoms with Crippen molar-refractivity contribution in [2.75, 3.05) is 6.54 Å². The molecule has 94 valence electrons. The zero-order valence-corrected chi connectivity index (χ0v) is 11.1. The maximum absolute atomic E-state index is 4.61. The second-order valence-electron chi connectivity index (χ2n) is 4.79. The number of thiazole rings is 1. The van der Waals surface area contributed by atoms with Gasteiger partial charge in [-0.1, -0.05) is 12.5 Å². The van der Waals surface area contributed by atoms with E-state index in [1.807, 2.05) is 24.4 Å². The predicted molar refractivity (Wildman–Crippen MR) is 74.4 cm³/mol. The first-order valence-corrected chi connectivity index (χ1v) is 7.36. The van der Waals surface area contributed by atoms with Gasteiger partial charge in [-0.15, -0.1) is 11.3 Å². The lowest BCUT2D eigenvalue weighted by Gasteiger charge is -2.25. The molecule has 0 spiro atoms. The Balaban J connectivity index is 1.56. The molecule has 3 rings (SSSR count). The van der Waals surface area contributed by atoms with E-state index in [0.29, 0.717) is 0 Å². The summed E-state index contributed by atoms with van der Waals surface area (Å²) in [6.07, 6.45) is 6.00. The van der Waals surface area contributed by atoms with E-state index in [1.165, 1.54) is 19.3 Å². The van der Waals surface area contributed by atoms with Gasteiger partial charge in [0.2, 0.25) is 0 Å². The van der Waals surface area contributed by atoms with Crippen LogP contribution in [0.15, 0.2) is 29.8 Å². The molecular formula is C14H17N3S. The van der Waals surface area contributed by atoms with Crippen LogP contribution in [0.1, 0.15) is 25.0 Å². The molecule has 1 fully saturated rings. The summed E-state index contributed by atoms with van der Waals surface area (Å²) >= 11 is 1.67. The Morgan fingerprint density at radius 1 is 1.33 bits per heavy atom. The van der Waals surface area contributed by atoms with E-state index < -0.39 is 0 Å². The highest BCUT2D eigenvalue weighted by molar-refractivity contribution is 7.13. The minimum absolute atomic E-state index is 0.875. The van der Waals surface area contributed by atoms with E-state index in [4.69, 9.17) is 0 Å². The fraction of sp³-hybridized carbons (Fsp3) is 0.429. The molecule has 1 saturated carbocycles. The molecule has 4 heteroatoms. The fourth-order valence-corrected chi connectivity index (χ4v) is 2.89. The molecule has 1 N–H and O–H groups in total. The van der Waals surface area contributed by atoms with Crippen LogP contribution in [0.4, 0.5) is 0 Å². The summed E-state index contributed by atoms with van der Waals surface area (Å²) in [7, 11) is 0. The van der Waals surface area contributed by atoms with Crippen molar-refractivity contribution < 1.29 is 0 Å². The lowest BCUT2D eigenvalue weighted by atomic mass is 9.85. The minimum atomic E-state index is 0.875. The maximum Gasteiger partial charge on any atom is 0.142 e. The van der Waals surface area contributed by atoms with Gasteiger partial charge in [-0.2, -0.15) is 0 Å². The molecule has 3 nitrogen and oxygen atoms in total. The van der Waals surface area contributed by atoms with Crippen molar-refractivity contribution in [1.29, 1.82) is 0 Å². The number of rotatable bonds is 5. The quantitative estimate of drug-likeness (QED) is 0.896. The zero-order chi connectivity index (χ0) is 12.2. The number of nitrogens with one attached hydrogen (secondary N) is 1. The molecule has 1 aliphatic rings. The lowest BCUT2D eigenvalue weighted by Crippen LogP contribution is -2.26. The minimum Gasteiger partial charge on any atom is -0.311 e. The van der Waals surface area contributed by atoms with Gasteiger partial charge in [0.1, 0.15) is 5.01 Å². The van der Waals surface area contributed by atoms with Crippen LogP contribution >= 0.6 is 11.3 Å². The average Bonchev–Trinajstić information content (AvgIpc) is 2.82. The smallest absolute Gasteiger partial charge is 0.142 e. The van der Waals surface area contributed by atoms with Crippen LogP contribution in [0.25, 0.3) is 10.7 Å². The van der Waals surface area contributed by atoms with Crippen molar-refractivity contribution in [1.82, 2.24) is 15.3 Å². The number of hydrogen-bond acceptors (Lipinski definition) is 4. The standard InChI is InChI=1S/C14H17N3S/c1-2-7-16-13(6-1)14-17-12(10-18-14)9-15-8-11-4-3-5-11/h1-2,6-7,10-11,15H,3-5,8-9H2. The Morgan fingerprint density at radius 3 is 3.00 bits per heavy atom. The molecule has 0 amide bonds. The van der Waals surface area contributed by atoms with E-state index in [1.54, 1.807) is 11.3 Å². The van der Waals surface area contributed by atoms with Gasteiger partial charge in [-0.05, 0) is 37.4 Å².